The standard InChI is InChI=1S/C15H21FN2O3/c1-4-18(12-7-5-6-11(16)8-12)15(21)17-13(10(2)3)9-14(19)20/h5-8,10,13H,4,9H2,1-3H3,(H,17,21)(H,19,20). The van der Waals surface area contributed by atoms with Crippen molar-refractivity contribution in [2.24, 2.45) is 5.92 Å². The Morgan fingerprint density at radius 2 is 2.05 bits per heavy atom. The lowest BCUT2D eigenvalue weighted by Crippen LogP contribution is -2.47. The number of anilines is 1. The number of carboxylic acids is 1. The Hall–Kier alpha value is -2.11. The highest BCUT2D eigenvalue weighted by Gasteiger charge is 2.22. The van der Waals surface area contributed by atoms with E-state index in [1.54, 1.807) is 13.0 Å². The van der Waals surface area contributed by atoms with Gasteiger partial charge in [0.2, 0.25) is 0 Å². The third-order valence-electron chi connectivity index (χ3n) is 3.19. The van der Waals surface area contributed by atoms with E-state index >= 15 is 0 Å². The molecule has 116 valence electrons. The van der Waals surface area contributed by atoms with Gasteiger partial charge in [-0.05, 0) is 31.0 Å². The predicted molar refractivity (Wildman–Crippen MR) is 78.8 cm³/mol. The molecule has 0 fully saturated rings. The lowest BCUT2D eigenvalue weighted by molar-refractivity contribution is -0.137. The summed E-state index contributed by atoms with van der Waals surface area (Å²) >= 11 is 0. The van der Waals surface area contributed by atoms with Gasteiger partial charge in [0.1, 0.15) is 5.82 Å². The lowest BCUT2D eigenvalue weighted by atomic mass is 10.0. The molecule has 0 aliphatic rings. The van der Waals surface area contributed by atoms with E-state index in [0.29, 0.717) is 12.2 Å². The van der Waals surface area contributed by atoms with Crippen LogP contribution in [0.3, 0.4) is 0 Å². The highest BCUT2D eigenvalue weighted by atomic mass is 19.1. The number of nitrogens with zero attached hydrogens (tertiary/aromatic N) is 1. The molecule has 1 aromatic rings. The van der Waals surface area contributed by atoms with E-state index in [2.05, 4.69) is 5.32 Å². The number of hydrogen-bond donors (Lipinski definition) is 2. The summed E-state index contributed by atoms with van der Waals surface area (Å²) < 4.78 is 13.3. The van der Waals surface area contributed by atoms with Gasteiger partial charge in [-0.15, -0.1) is 0 Å². The molecule has 0 radical (unpaired) electrons. The molecule has 0 aromatic heterocycles. The largest absolute Gasteiger partial charge is 0.481 e. The first-order valence-corrected chi connectivity index (χ1v) is 6.90. The summed E-state index contributed by atoms with van der Waals surface area (Å²) in [6.07, 6.45) is -0.149. The molecule has 2 N–H and O–H groups in total. The van der Waals surface area contributed by atoms with Crippen LogP contribution in [0.4, 0.5) is 14.9 Å². The maximum absolute atomic E-state index is 13.3. The van der Waals surface area contributed by atoms with Crippen LogP contribution in [0.5, 0.6) is 0 Å². The molecule has 0 saturated heterocycles. The van der Waals surface area contributed by atoms with E-state index in [9.17, 15) is 14.0 Å². The van der Waals surface area contributed by atoms with Crippen LogP contribution in [0.25, 0.3) is 0 Å². The molecule has 0 aliphatic heterocycles. The second kappa shape index (κ2) is 7.61. The van der Waals surface area contributed by atoms with Crippen molar-refractivity contribution >= 4 is 17.7 Å². The summed E-state index contributed by atoms with van der Waals surface area (Å²) in [4.78, 5) is 24.5. The third kappa shape index (κ3) is 5.06. The zero-order valence-electron chi connectivity index (χ0n) is 12.5. The van der Waals surface area contributed by atoms with Gasteiger partial charge in [-0.1, -0.05) is 19.9 Å². The minimum atomic E-state index is -0.970. The number of carbonyl (C=O) groups excluding carboxylic acids is 1. The Balaban J connectivity index is 2.85. The Morgan fingerprint density at radius 1 is 1.38 bits per heavy atom. The number of aliphatic carboxylic acids is 1. The van der Waals surface area contributed by atoms with Gasteiger partial charge in [0.05, 0.1) is 6.42 Å². The summed E-state index contributed by atoms with van der Waals surface area (Å²) in [6, 6.07) is 4.83. The Morgan fingerprint density at radius 3 is 2.52 bits per heavy atom. The molecule has 0 aliphatic carbocycles. The normalized spacial score (nSPS) is 12.0. The van der Waals surface area contributed by atoms with Crippen molar-refractivity contribution in [3.63, 3.8) is 0 Å². The quantitative estimate of drug-likeness (QED) is 0.848. The topological polar surface area (TPSA) is 69.6 Å². The molecule has 0 spiro atoms. The molecule has 6 heteroatoms. The van der Waals surface area contributed by atoms with Crippen molar-refractivity contribution in [2.75, 3.05) is 11.4 Å². The van der Waals surface area contributed by atoms with Crippen LogP contribution in [0, 0.1) is 11.7 Å². The number of hydrogen-bond acceptors (Lipinski definition) is 2. The molecule has 1 atom stereocenters. The van der Waals surface area contributed by atoms with Gasteiger partial charge in [-0.2, -0.15) is 0 Å². The predicted octanol–water partition coefficient (Wildman–Crippen LogP) is 2.86. The fraction of sp³-hybridized carbons (Fsp3) is 0.467. The maximum Gasteiger partial charge on any atom is 0.322 e. The van der Waals surface area contributed by atoms with Gasteiger partial charge < -0.3 is 10.4 Å². The Kier molecular flexibility index (Phi) is 6.14. The van der Waals surface area contributed by atoms with Crippen LogP contribution in [-0.4, -0.2) is 29.7 Å². The number of halogens is 1. The fourth-order valence-corrected chi connectivity index (χ4v) is 1.97. The minimum absolute atomic E-state index is 0.0173. The molecule has 2 amide bonds. The fourth-order valence-electron chi connectivity index (χ4n) is 1.97. The molecule has 0 heterocycles. The highest BCUT2D eigenvalue weighted by Crippen LogP contribution is 2.16. The number of nitrogens with one attached hydrogen (secondary N) is 1. The third-order valence-corrected chi connectivity index (χ3v) is 3.19. The van der Waals surface area contributed by atoms with Gasteiger partial charge >= 0.3 is 12.0 Å². The van der Waals surface area contributed by atoms with Crippen molar-refractivity contribution in [3.05, 3.63) is 30.1 Å². The SMILES string of the molecule is CCN(C(=O)NC(CC(=O)O)C(C)C)c1cccc(F)c1. The number of benzene rings is 1. The Labute approximate surface area is 123 Å². The van der Waals surface area contributed by atoms with E-state index in [0.717, 1.165) is 0 Å². The van der Waals surface area contributed by atoms with Crippen LogP contribution in [-0.2, 0) is 4.79 Å². The number of urea groups is 1. The first kappa shape index (κ1) is 16.9. The van der Waals surface area contributed by atoms with Crippen LogP contribution in [0.15, 0.2) is 24.3 Å². The van der Waals surface area contributed by atoms with Gasteiger partial charge in [0.25, 0.3) is 0 Å². The number of carboxylic acid groups (broad SMARTS) is 1. The van der Waals surface area contributed by atoms with Gasteiger partial charge in [-0.3, -0.25) is 9.69 Å². The van der Waals surface area contributed by atoms with Gasteiger partial charge in [0.15, 0.2) is 0 Å². The second-order valence-electron chi connectivity index (χ2n) is 5.12. The molecule has 1 aromatic carbocycles. The lowest BCUT2D eigenvalue weighted by Gasteiger charge is -2.27. The van der Waals surface area contributed by atoms with Gasteiger partial charge in [-0.25, -0.2) is 9.18 Å². The number of rotatable bonds is 6. The molecule has 0 saturated carbocycles. The molecule has 0 bridgehead atoms. The average Bonchev–Trinajstić information content (AvgIpc) is 2.38. The van der Waals surface area contributed by atoms with E-state index in [1.807, 2.05) is 13.8 Å². The summed E-state index contributed by atoms with van der Waals surface area (Å²) in [5.74, 6) is -1.41. The van der Waals surface area contributed by atoms with Crippen LogP contribution < -0.4 is 10.2 Å². The summed E-state index contributed by atoms with van der Waals surface area (Å²) in [5.41, 5.74) is 0.438. The van der Waals surface area contributed by atoms with E-state index in [-0.39, 0.29) is 12.3 Å². The molecular weight excluding hydrogens is 275 g/mol. The molecule has 21 heavy (non-hydrogen) atoms. The van der Waals surface area contributed by atoms with Crippen LogP contribution >= 0.6 is 0 Å². The van der Waals surface area contributed by atoms with Crippen molar-refractivity contribution in [2.45, 2.75) is 33.2 Å². The summed E-state index contributed by atoms with van der Waals surface area (Å²) in [6.45, 7) is 5.80. The first-order valence-electron chi connectivity index (χ1n) is 6.90. The van der Waals surface area contributed by atoms with Crippen LogP contribution in [0.2, 0.25) is 0 Å². The number of amides is 2. The van der Waals surface area contributed by atoms with Crippen molar-refractivity contribution in [1.82, 2.24) is 5.32 Å². The van der Waals surface area contributed by atoms with Crippen molar-refractivity contribution < 1.29 is 19.1 Å². The zero-order chi connectivity index (χ0) is 16.0. The summed E-state index contributed by atoms with van der Waals surface area (Å²) in [7, 11) is 0. The molecular formula is C15H21FN2O3. The smallest absolute Gasteiger partial charge is 0.322 e. The monoisotopic (exact) mass is 296 g/mol. The minimum Gasteiger partial charge on any atom is -0.481 e. The summed E-state index contributed by atoms with van der Waals surface area (Å²) in [5, 5.41) is 11.6. The molecule has 1 rings (SSSR count). The zero-order valence-corrected chi connectivity index (χ0v) is 12.5. The maximum atomic E-state index is 13.3. The van der Waals surface area contributed by atoms with E-state index < -0.39 is 23.9 Å². The van der Waals surface area contributed by atoms with Crippen molar-refractivity contribution in [1.29, 1.82) is 0 Å². The molecule has 1 unspecified atom stereocenters. The first-order chi connectivity index (χ1) is 9.85. The van der Waals surface area contributed by atoms with E-state index in [4.69, 9.17) is 5.11 Å². The van der Waals surface area contributed by atoms with Crippen LogP contribution in [0.1, 0.15) is 27.2 Å². The highest BCUT2D eigenvalue weighted by molar-refractivity contribution is 5.92. The van der Waals surface area contributed by atoms with E-state index in [1.165, 1.54) is 23.1 Å². The van der Waals surface area contributed by atoms with Crippen molar-refractivity contribution in [3.8, 4) is 0 Å². The number of carbonyl (C=O) groups is 2. The van der Waals surface area contributed by atoms with Gasteiger partial charge in [0, 0.05) is 18.3 Å². The second-order valence-corrected chi connectivity index (χ2v) is 5.12. The average molecular weight is 296 g/mol. The molecule has 5 nitrogen and oxygen atoms in total. The Bertz CT molecular complexity index is 505.